The standard InChI is InChI=1S/C14H8Cl2N2OS/c15-11-2-1-3-12(13(11)16)18-14(19)10(7-17)6-9-4-5-20-8-9/h1-6,8H,(H,18,19)/b10-6-. The summed E-state index contributed by atoms with van der Waals surface area (Å²) in [6.45, 7) is 0. The molecule has 6 heteroatoms. The van der Waals surface area contributed by atoms with Gasteiger partial charge >= 0.3 is 0 Å². The van der Waals surface area contributed by atoms with Crippen molar-refractivity contribution in [3.63, 3.8) is 0 Å². The highest BCUT2D eigenvalue weighted by molar-refractivity contribution is 7.08. The Kier molecular flexibility index (Phi) is 4.80. The summed E-state index contributed by atoms with van der Waals surface area (Å²) in [5.74, 6) is -0.525. The monoisotopic (exact) mass is 322 g/mol. The molecular formula is C14H8Cl2N2OS. The first-order chi connectivity index (χ1) is 9.61. The number of benzene rings is 1. The minimum absolute atomic E-state index is 0.000517. The number of nitriles is 1. The summed E-state index contributed by atoms with van der Waals surface area (Å²) in [4.78, 5) is 12.0. The molecule has 3 nitrogen and oxygen atoms in total. The lowest BCUT2D eigenvalue weighted by atomic mass is 10.2. The maximum Gasteiger partial charge on any atom is 0.266 e. The molecule has 20 heavy (non-hydrogen) atoms. The van der Waals surface area contributed by atoms with Crippen molar-refractivity contribution in [2.24, 2.45) is 0 Å². The molecule has 0 saturated heterocycles. The highest BCUT2D eigenvalue weighted by atomic mass is 35.5. The third kappa shape index (κ3) is 3.40. The van der Waals surface area contributed by atoms with Crippen LogP contribution in [0.2, 0.25) is 10.0 Å². The molecule has 2 aromatic rings. The van der Waals surface area contributed by atoms with E-state index in [4.69, 9.17) is 28.5 Å². The molecule has 1 amide bonds. The number of anilines is 1. The van der Waals surface area contributed by atoms with Gasteiger partial charge in [0.25, 0.3) is 5.91 Å². The van der Waals surface area contributed by atoms with Gasteiger partial charge in [-0.15, -0.1) is 0 Å². The largest absolute Gasteiger partial charge is 0.320 e. The molecule has 100 valence electrons. The van der Waals surface area contributed by atoms with Gasteiger partial charge in [0.1, 0.15) is 11.6 Å². The fraction of sp³-hybridized carbons (Fsp3) is 0. The van der Waals surface area contributed by atoms with Crippen molar-refractivity contribution in [1.82, 2.24) is 0 Å². The number of carbonyl (C=O) groups excluding carboxylic acids is 1. The highest BCUT2D eigenvalue weighted by Crippen LogP contribution is 2.29. The van der Waals surface area contributed by atoms with Gasteiger partial charge in [0.05, 0.1) is 15.7 Å². The van der Waals surface area contributed by atoms with Crippen LogP contribution in [0.1, 0.15) is 5.56 Å². The summed E-state index contributed by atoms with van der Waals surface area (Å²) in [5, 5.41) is 15.9. The Morgan fingerprint density at radius 2 is 2.15 bits per heavy atom. The zero-order valence-electron chi connectivity index (χ0n) is 10.1. The van der Waals surface area contributed by atoms with Crippen molar-refractivity contribution in [2.75, 3.05) is 5.32 Å². The summed E-state index contributed by atoms with van der Waals surface area (Å²) in [7, 11) is 0. The van der Waals surface area contributed by atoms with Gasteiger partial charge in [0.15, 0.2) is 0 Å². The zero-order chi connectivity index (χ0) is 14.5. The van der Waals surface area contributed by atoms with Crippen molar-refractivity contribution in [1.29, 1.82) is 5.26 Å². The predicted molar refractivity (Wildman–Crippen MR) is 83.0 cm³/mol. The van der Waals surface area contributed by atoms with Crippen molar-refractivity contribution >= 4 is 52.2 Å². The lowest BCUT2D eigenvalue weighted by Gasteiger charge is -2.07. The van der Waals surface area contributed by atoms with Crippen LogP contribution in [0.25, 0.3) is 6.08 Å². The van der Waals surface area contributed by atoms with Crippen LogP contribution in [0.3, 0.4) is 0 Å². The Balaban J connectivity index is 2.23. The molecule has 0 spiro atoms. The van der Waals surface area contributed by atoms with Gasteiger partial charge in [0, 0.05) is 0 Å². The van der Waals surface area contributed by atoms with Crippen LogP contribution in [0, 0.1) is 11.3 Å². The molecule has 1 aromatic heterocycles. The number of rotatable bonds is 3. The summed E-state index contributed by atoms with van der Waals surface area (Å²) in [5.41, 5.74) is 1.17. The Hall–Kier alpha value is -1.80. The van der Waals surface area contributed by atoms with E-state index in [9.17, 15) is 4.79 Å². The van der Waals surface area contributed by atoms with Gasteiger partial charge in [-0.1, -0.05) is 29.3 Å². The van der Waals surface area contributed by atoms with Gasteiger partial charge in [0.2, 0.25) is 0 Å². The summed E-state index contributed by atoms with van der Waals surface area (Å²) in [6.07, 6.45) is 1.52. The smallest absolute Gasteiger partial charge is 0.266 e. The molecule has 0 bridgehead atoms. The molecule has 0 atom stereocenters. The summed E-state index contributed by atoms with van der Waals surface area (Å²) < 4.78 is 0. The fourth-order valence-corrected chi connectivity index (χ4v) is 2.43. The lowest BCUT2D eigenvalue weighted by Crippen LogP contribution is -2.13. The fourth-order valence-electron chi connectivity index (χ4n) is 1.46. The molecule has 1 aromatic carbocycles. The molecule has 0 aliphatic rings. The molecule has 0 unspecified atom stereocenters. The summed E-state index contributed by atoms with van der Waals surface area (Å²) >= 11 is 13.3. The first kappa shape index (κ1) is 14.6. The van der Waals surface area contributed by atoms with Crippen molar-refractivity contribution in [2.45, 2.75) is 0 Å². The first-order valence-corrected chi connectivity index (χ1v) is 7.21. The maximum absolute atomic E-state index is 12.0. The van der Waals surface area contributed by atoms with E-state index in [0.717, 1.165) is 5.56 Å². The Bertz CT molecular complexity index is 702. The zero-order valence-corrected chi connectivity index (χ0v) is 12.4. The topological polar surface area (TPSA) is 52.9 Å². The second kappa shape index (κ2) is 6.58. The van der Waals surface area contributed by atoms with E-state index in [1.54, 1.807) is 18.2 Å². The van der Waals surface area contributed by atoms with E-state index >= 15 is 0 Å². The summed E-state index contributed by atoms with van der Waals surface area (Å²) in [6, 6.07) is 8.59. The van der Waals surface area contributed by atoms with Crippen LogP contribution in [0.15, 0.2) is 40.6 Å². The molecule has 0 radical (unpaired) electrons. The molecule has 2 rings (SSSR count). The molecule has 0 aliphatic heterocycles. The van der Waals surface area contributed by atoms with E-state index in [1.807, 2.05) is 22.9 Å². The van der Waals surface area contributed by atoms with Crippen LogP contribution in [-0.2, 0) is 4.79 Å². The van der Waals surface area contributed by atoms with Crippen LogP contribution >= 0.6 is 34.5 Å². The van der Waals surface area contributed by atoms with Gasteiger partial charge in [-0.3, -0.25) is 4.79 Å². The average molecular weight is 323 g/mol. The van der Waals surface area contributed by atoms with Crippen molar-refractivity contribution in [3.8, 4) is 6.07 Å². The first-order valence-electron chi connectivity index (χ1n) is 5.51. The van der Waals surface area contributed by atoms with Gasteiger partial charge < -0.3 is 5.32 Å². The number of thiophene rings is 1. The molecule has 1 N–H and O–H groups in total. The van der Waals surface area contributed by atoms with Crippen LogP contribution < -0.4 is 5.32 Å². The molecule has 0 aliphatic carbocycles. The average Bonchev–Trinajstić information content (AvgIpc) is 2.94. The maximum atomic E-state index is 12.0. The number of hydrogen-bond acceptors (Lipinski definition) is 3. The minimum Gasteiger partial charge on any atom is -0.320 e. The van der Waals surface area contributed by atoms with Gasteiger partial charge in [-0.25, -0.2) is 0 Å². The second-order valence-corrected chi connectivity index (χ2v) is 5.35. The number of carbonyl (C=O) groups is 1. The number of hydrogen-bond donors (Lipinski definition) is 1. The van der Waals surface area contributed by atoms with Gasteiger partial charge in [-0.05, 0) is 40.6 Å². The minimum atomic E-state index is -0.525. The van der Waals surface area contributed by atoms with E-state index in [-0.39, 0.29) is 10.6 Å². The third-order valence-electron chi connectivity index (χ3n) is 2.42. The lowest BCUT2D eigenvalue weighted by molar-refractivity contribution is -0.112. The number of nitrogens with zero attached hydrogens (tertiary/aromatic N) is 1. The number of nitrogens with one attached hydrogen (secondary N) is 1. The third-order valence-corrected chi connectivity index (χ3v) is 3.94. The Labute approximate surface area is 130 Å². The molecule has 0 fully saturated rings. The normalized spacial score (nSPS) is 10.9. The quantitative estimate of drug-likeness (QED) is 0.663. The second-order valence-electron chi connectivity index (χ2n) is 3.78. The van der Waals surface area contributed by atoms with Crippen LogP contribution in [0.4, 0.5) is 5.69 Å². The van der Waals surface area contributed by atoms with Crippen molar-refractivity contribution in [3.05, 3.63) is 56.2 Å². The molecular weight excluding hydrogens is 315 g/mol. The van der Waals surface area contributed by atoms with E-state index in [1.165, 1.54) is 17.4 Å². The van der Waals surface area contributed by atoms with E-state index < -0.39 is 5.91 Å². The Morgan fingerprint density at radius 1 is 1.35 bits per heavy atom. The van der Waals surface area contributed by atoms with E-state index in [0.29, 0.717) is 10.7 Å². The number of amides is 1. The Morgan fingerprint density at radius 3 is 2.80 bits per heavy atom. The van der Waals surface area contributed by atoms with Crippen molar-refractivity contribution < 1.29 is 4.79 Å². The van der Waals surface area contributed by atoms with E-state index in [2.05, 4.69) is 5.32 Å². The molecule has 0 saturated carbocycles. The number of halogens is 2. The predicted octanol–water partition coefficient (Wildman–Crippen LogP) is 4.60. The van der Waals surface area contributed by atoms with Crippen LogP contribution in [-0.4, -0.2) is 5.91 Å². The van der Waals surface area contributed by atoms with Gasteiger partial charge in [-0.2, -0.15) is 16.6 Å². The molecule has 1 heterocycles. The SMILES string of the molecule is N#C/C(=C/c1ccsc1)C(=O)Nc1cccc(Cl)c1Cl. The van der Waals surface area contributed by atoms with Crippen LogP contribution in [0.5, 0.6) is 0 Å². The highest BCUT2D eigenvalue weighted by Gasteiger charge is 2.12.